The summed E-state index contributed by atoms with van der Waals surface area (Å²) in [5, 5.41) is 4.14. The van der Waals surface area contributed by atoms with E-state index in [1.165, 1.54) is 0 Å². The smallest absolute Gasteiger partial charge is 0.338 e. The molecule has 1 amide bonds. The second-order valence-electron chi connectivity index (χ2n) is 7.37. The fraction of sp³-hybridized carbons (Fsp3) is 0.292. The Morgan fingerprint density at radius 2 is 2.00 bits per heavy atom. The van der Waals surface area contributed by atoms with E-state index in [9.17, 15) is 9.59 Å². The summed E-state index contributed by atoms with van der Waals surface area (Å²) >= 11 is 6.11. The molecular formula is C24H23ClN2O5. The quantitative estimate of drug-likeness (QED) is 0.557. The van der Waals surface area contributed by atoms with Gasteiger partial charge in [-0.15, -0.1) is 0 Å². The number of nitrogens with one attached hydrogen (secondary N) is 1. The Morgan fingerprint density at radius 3 is 2.72 bits per heavy atom. The first-order chi connectivity index (χ1) is 15.5. The van der Waals surface area contributed by atoms with Crippen LogP contribution in [0.15, 0.2) is 57.9 Å². The van der Waals surface area contributed by atoms with Crippen LogP contribution in [0.2, 0.25) is 5.02 Å². The van der Waals surface area contributed by atoms with Gasteiger partial charge in [0.15, 0.2) is 0 Å². The van der Waals surface area contributed by atoms with E-state index in [0.29, 0.717) is 47.0 Å². The van der Waals surface area contributed by atoms with Crippen molar-refractivity contribution in [2.75, 3.05) is 19.8 Å². The molecule has 1 N–H and O–H groups in total. The molecule has 1 fully saturated rings. The number of hydrogen-bond donors (Lipinski definition) is 1. The monoisotopic (exact) mass is 454 g/mol. The molecule has 4 rings (SSSR count). The summed E-state index contributed by atoms with van der Waals surface area (Å²) in [5.74, 6) is -0.714. The number of fused-ring (bicyclic) bond motifs is 1. The molecule has 1 saturated heterocycles. The van der Waals surface area contributed by atoms with Gasteiger partial charge in [-0.1, -0.05) is 11.6 Å². The average molecular weight is 455 g/mol. The molecule has 1 aromatic heterocycles. The zero-order valence-corrected chi connectivity index (χ0v) is 18.4. The van der Waals surface area contributed by atoms with Gasteiger partial charge in [0.2, 0.25) is 5.55 Å². The summed E-state index contributed by atoms with van der Waals surface area (Å²) in [7, 11) is 0. The van der Waals surface area contributed by atoms with Gasteiger partial charge >= 0.3 is 5.97 Å². The minimum absolute atomic E-state index is 0.0154. The lowest BCUT2D eigenvalue weighted by Crippen LogP contribution is -2.34. The van der Waals surface area contributed by atoms with E-state index >= 15 is 0 Å². The fourth-order valence-electron chi connectivity index (χ4n) is 3.46. The molecular weight excluding hydrogens is 432 g/mol. The molecule has 2 aromatic carbocycles. The first-order valence-electron chi connectivity index (χ1n) is 10.5. The van der Waals surface area contributed by atoms with E-state index in [4.69, 9.17) is 25.5 Å². The molecule has 1 atom stereocenters. The molecule has 0 saturated carbocycles. The summed E-state index contributed by atoms with van der Waals surface area (Å²) in [5.41, 5.74) is 1.95. The van der Waals surface area contributed by atoms with Crippen molar-refractivity contribution in [2.45, 2.75) is 25.9 Å². The third-order valence-electron chi connectivity index (χ3n) is 5.08. The summed E-state index contributed by atoms with van der Waals surface area (Å²) in [6, 6.07) is 13.5. The fourth-order valence-corrected chi connectivity index (χ4v) is 3.64. The third-order valence-corrected chi connectivity index (χ3v) is 5.31. The van der Waals surface area contributed by atoms with E-state index in [0.717, 1.165) is 12.8 Å². The van der Waals surface area contributed by atoms with Crippen LogP contribution in [0.25, 0.3) is 11.0 Å². The maximum Gasteiger partial charge on any atom is 0.338 e. The van der Waals surface area contributed by atoms with Crippen LogP contribution in [0, 0.1) is 0 Å². The van der Waals surface area contributed by atoms with E-state index in [1.807, 2.05) is 0 Å². The number of esters is 1. The second-order valence-corrected chi connectivity index (χ2v) is 7.81. The predicted molar refractivity (Wildman–Crippen MR) is 120 cm³/mol. The van der Waals surface area contributed by atoms with Gasteiger partial charge in [0.05, 0.1) is 24.0 Å². The van der Waals surface area contributed by atoms with Crippen LogP contribution in [0.4, 0.5) is 5.69 Å². The van der Waals surface area contributed by atoms with Crippen LogP contribution < -0.4 is 10.9 Å². The molecule has 0 bridgehead atoms. The second kappa shape index (κ2) is 9.97. The normalized spacial score (nSPS) is 16.3. The van der Waals surface area contributed by atoms with Crippen molar-refractivity contribution in [3.05, 3.63) is 70.2 Å². The van der Waals surface area contributed by atoms with Crippen molar-refractivity contribution in [3.8, 4) is 0 Å². The molecule has 1 aliphatic rings. The lowest BCUT2D eigenvalue weighted by molar-refractivity contribution is 0.0526. The Morgan fingerprint density at radius 1 is 1.19 bits per heavy atom. The Kier molecular flexibility index (Phi) is 6.87. The van der Waals surface area contributed by atoms with E-state index < -0.39 is 5.97 Å². The van der Waals surface area contributed by atoms with E-state index in [2.05, 4.69) is 10.3 Å². The number of benzene rings is 2. The van der Waals surface area contributed by atoms with Crippen LogP contribution in [-0.2, 0) is 9.47 Å². The van der Waals surface area contributed by atoms with Gasteiger partial charge in [-0.05, 0) is 68.3 Å². The molecule has 3 aromatic rings. The molecule has 8 heteroatoms. The highest BCUT2D eigenvalue weighted by Crippen LogP contribution is 2.20. The number of rotatable bonds is 6. The maximum atomic E-state index is 13.0. The number of halogens is 1. The van der Waals surface area contributed by atoms with E-state index in [-0.39, 0.29) is 23.1 Å². The molecule has 0 aliphatic carbocycles. The van der Waals surface area contributed by atoms with Crippen LogP contribution in [0.5, 0.6) is 0 Å². The number of ether oxygens (including phenoxy) is 2. The predicted octanol–water partition coefficient (Wildman–Crippen LogP) is 4.40. The number of amides is 1. The molecule has 1 aliphatic heterocycles. The molecule has 0 unspecified atom stereocenters. The molecule has 7 nitrogen and oxygen atoms in total. The van der Waals surface area contributed by atoms with Crippen molar-refractivity contribution in [2.24, 2.45) is 4.99 Å². The summed E-state index contributed by atoms with van der Waals surface area (Å²) in [4.78, 5) is 29.4. The SMILES string of the molecule is CCOC(=O)c1ccc(N=c2oc3ccc(Cl)cc3cc2C(=O)NC[C@H]2CCCO2)cc1. The zero-order chi connectivity index (χ0) is 22.5. The average Bonchev–Trinajstić information content (AvgIpc) is 3.31. The highest BCUT2D eigenvalue weighted by Gasteiger charge is 2.18. The molecule has 0 spiro atoms. The van der Waals surface area contributed by atoms with Gasteiger partial charge in [-0.25, -0.2) is 9.79 Å². The zero-order valence-electron chi connectivity index (χ0n) is 17.6. The topological polar surface area (TPSA) is 90.1 Å². The van der Waals surface area contributed by atoms with Gasteiger partial charge < -0.3 is 19.2 Å². The van der Waals surface area contributed by atoms with Gasteiger partial charge in [0.1, 0.15) is 11.1 Å². The van der Waals surface area contributed by atoms with Crippen molar-refractivity contribution in [1.29, 1.82) is 0 Å². The van der Waals surface area contributed by atoms with Crippen LogP contribution in [0.3, 0.4) is 0 Å². The van der Waals surface area contributed by atoms with Gasteiger partial charge in [0.25, 0.3) is 5.91 Å². The third kappa shape index (κ3) is 5.18. The highest BCUT2D eigenvalue weighted by atomic mass is 35.5. The summed E-state index contributed by atoms with van der Waals surface area (Å²) in [6.45, 7) is 3.18. The Bertz CT molecular complexity index is 1200. The lowest BCUT2D eigenvalue weighted by Gasteiger charge is -2.11. The molecule has 166 valence electrons. The van der Waals surface area contributed by atoms with Gasteiger partial charge in [-0.3, -0.25) is 4.79 Å². The number of carbonyl (C=O) groups is 2. The van der Waals surface area contributed by atoms with Gasteiger partial charge in [-0.2, -0.15) is 0 Å². The summed E-state index contributed by atoms with van der Waals surface area (Å²) in [6.07, 6.45) is 1.93. The van der Waals surface area contributed by atoms with Crippen LogP contribution in [-0.4, -0.2) is 37.7 Å². The van der Waals surface area contributed by atoms with Crippen molar-refractivity contribution in [3.63, 3.8) is 0 Å². The largest absolute Gasteiger partial charge is 0.462 e. The Hall–Kier alpha value is -3.16. The number of nitrogens with zero attached hydrogens (tertiary/aromatic N) is 1. The van der Waals surface area contributed by atoms with E-state index in [1.54, 1.807) is 55.5 Å². The highest BCUT2D eigenvalue weighted by molar-refractivity contribution is 6.31. The number of hydrogen-bond acceptors (Lipinski definition) is 6. The Labute approximate surface area is 190 Å². The minimum atomic E-state index is -0.402. The Balaban J connectivity index is 1.69. The van der Waals surface area contributed by atoms with Crippen molar-refractivity contribution < 1.29 is 23.5 Å². The molecule has 0 radical (unpaired) electrons. The van der Waals surface area contributed by atoms with Crippen molar-refractivity contribution in [1.82, 2.24) is 5.32 Å². The number of carbonyl (C=O) groups excluding carboxylic acids is 2. The van der Waals surface area contributed by atoms with Gasteiger partial charge in [0, 0.05) is 23.6 Å². The van der Waals surface area contributed by atoms with Crippen molar-refractivity contribution >= 4 is 40.1 Å². The lowest BCUT2D eigenvalue weighted by atomic mass is 10.1. The van der Waals surface area contributed by atoms with Crippen LogP contribution >= 0.6 is 11.6 Å². The minimum Gasteiger partial charge on any atom is -0.462 e. The summed E-state index contributed by atoms with van der Waals surface area (Å²) < 4.78 is 16.5. The maximum absolute atomic E-state index is 13.0. The first kappa shape index (κ1) is 22.0. The standard InChI is InChI=1S/C24H23ClN2O5/c1-2-30-24(29)15-5-8-18(9-6-15)27-23-20(22(28)26-14-19-4-3-11-31-19)13-16-12-17(25)7-10-21(16)32-23/h5-10,12-13,19H,2-4,11,14H2,1H3,(H,26,28)/t19-/m1/s1. The first-order valence-corrected chi connectivity index (χ1v) is 10.9. The molecule has 32 heavy (non-hydrogen) atoms. The molecule has 2 heterocycles. The van der Waals surface area contributed by atoms with Crippen LogP contribution in [0.1, 0.15) is 40.5 Å².